The van der Waals surface area contributed by atoms with E-state index >= 15 is 0 Å². The van der Waals surface area contributed by atoms with Crippen LogP contribution in [0.3, 0.4) is 0 Å². The highest BCUT2D eigenvalue weighted by molar-refractivity contribution is 7.17. The number of nitrogens with zero attached hydrogens (tertiary/aromatic N) is 5. The van der Waals surface area contributed by atoms with Crippen molar-refractivity contribution in [1.29, 1.82) is 0 Å². The molecule has 2 fully saturated rings. The lowest BCUT2D eigenvalue weighted by atomic mass is 10.1. The number of piperidine rings is 1. The SMILES string of the molecule is O=C(c1ccc(-c2cc(=NC3CC3)n3nc/c(=C/c4[nH]c(=O)[nH]c4O)c3n2)s1)N1CCCCC1. The maximum absolute atomic E-state index is 12.9. The standard InChI is InChI=1S/C23H23N7O3S/c31-21-16(27-23(33)28-21)10-13-12-24-30-19(25-14-4-5-14)11-15(26-20(13)30)17-6-7-18(34-17)22(32)29-8-2-1-3-9-29/h6-7,10-12,14,31H,1-5,8-9H2,(H2,27,28,33)/b13-10-,25-19?. The van der Waals surface area contributed by atoms with Crippen molar-refractivity contribution in [3.05, 3.63) is 56.2 Å². The summed E-state index contributed by atoms with van der Waals surface area (Å²) in [4.78, 5) is 42.5. The number of amides is 1. The monoisotopic (exact) mass is 477 g/mol. The number of H-pyrrole nitrogens is 2. The molecule has 5 heterocycles. The molecule has 3 N–H and O–H groups in total. The Morgan fingerprint density at radius 1 is 1.21 bits per heavy atom. The highest BCUT2D eigenvalue weighted by atomic mass is 32.1. The lowest BCUT2D eigenvalue weighted by molar-refractivity contribution is 0.0729. The maximum Gasteiger partial charge on any atom is 0.326 e. The number of fused-ring (bicyclic) bond motifs is 1. The first-order valence-corrected chi connectivity index (χ1v) is 12.2. The zero-order valence-corrected chi connectivity index (χ0v) is 19.1. The smallest absolute Gasteiger partial charge is 0.326 e. The second-order valence-corrected chi connectivity index (χ2v) is 9.78. The van der Waals surface area contributed by atoms with E-state index in [9.17, 15) is 14.7 Å². The van der Waals surface area contributed by atoms with Crippen LogP contribution in [0.4, 0.5) is 0 Å². The van der Waals surface area contributed by atoms with E-state index in [2.05, 4.69) is 15.1 Å². The quantitative estimate of drug-likeness (QED) is 0.409. The van der Waals surface area contributed by atoms with E-state index in [0.29, 0.717) is 26.9 Å². The van der Waals surface area contributed by atoms with Gasteiger partial charge in [0.15, 0.2) is 11.1 Å². The van der Waals surface area contributed by atoms with E-state index in [0.717, 1.165) is 43.6 Å². The minimum atomic E-state index is -0.497. The molecule has 0 radical (unpaired) electrons. The number of aromatic nitrogens is 5. The van der Waals surface area contributed by atoms with Gasteiger partial charge >= 0.3 is 5.69 Å². The molecular weight excluding hydrogens is 454 g/mol. The summed E-state index contributed by atoms with van der Waals surface area (Å²) in [7, 11) is 0. The van der Waals surface area contributed by atoms with Gasteiger partial charge in [0.05, 0.1) is 27.7 Å². The van der Waals surface area contributed by atoms with Crippen LogP contribution < -0.4 is 16.4 Å². The van der Waals surface area contributed by atoms with Gasteiger partial charge in [0.25, 0.3) is 5.91 Å². The van der Waals surface area contributed by atoms with Crippen LogP contribution in [0.2, 0.25) is 0 Å². The average molecular weight is 478 g/mol. The molecule has 11 heteroatoms. The summed E-state index contributed by atoms with van der Waals surface area (Å²) >= 11 is 1.43. The van der Waals surface area contributed by atoms with Crippen LogP contribution >= 0.6 is 11.3 Å². The fraction of sp³-hybridized carbons (Fsp3) is 0.348. The van der Waals surface area contributed by atoms with Gasteiger partial charge in [-0.2, -0.15) is 9.61 Å². The number of aromatic amines is 2. The average Bonchev–Trinajstić information content (AvgIpc) is 3.22. The van der Waals surface area contributed by atoms with E-state index in [4.69, 9.17) is 9.98 Å². The third kappa shape index (κ3) is 3.92. The normalized spacial score (nSPS) is 17.7. The van der Waals surface area contributed by atoms with Crippen LogP contribution in [0.1, 0.15) is 47.5 Å². The van der Waals surface area contributed by atoms with Crippen LogP contribution in [0.15, 0.2) is 34.2 Å². The number of likely N-dealkylation sites (tertiary alicyclic amines) is 1. The molecule has 10 nitrogen and oxygen atoms in total. The van der Waals surface area contributed by atoms with Crippen LogP contribution in [0.25, 0.3) is 22.3 Å². The predicted molar refractivity (Wildman–Crippen MR) is 127 cm³/mol. The molecule has 1 amide bonds. The molecule has 0 atom stereocenters. The Balaban J connectivity index is 1.45. The van der Waals surface area contributed by atoms with Crippen molar-refractivity contribution >= 4 is 29.0 Å². The van der Waals surface area contributed by atoms with E-state index < -0.39 is 5.69 Å². The second-order valence-electron chi connectivity index (χ2n) is 8.70. The summed E-state index contributed by atoms with van der Waals surface area (Å²) in [6.07, 6.45) is 8.62. The fourth-order valence-corrected chi connectivity index (χ4v) is 5.10. The van der Waals surface area contributed by atoms with Gasteiger partial charge in [-0.25, -0.2) is 9.78 Å². The second kappa shape index (κ2) is 8.24. The number of carbonyl (C=O) groups is 1. The molecule has 0 unspecified atom stereocenters. The van der Waals surface area contributed by atoms with Crippen LogP contribution in [0.5, 0.6) is 5.88 Å². The van der Waals surface area contributed by atoms with Crippen molar-refractivity contribution in [3.63, 3.8) is 0 Å². The van der Waals surface area contributed by atoms with Crippen molar-refractivity contribution in [3.8, 4) is 16.5 Å². The molecule has 1 aliphatic carbocycles. The van der Waals surface area contributed by atoms with E-state index in [1.165, 1.54) is 17.8 Å². The van der Waals surface area contributed by atoms with Crippen LogP contribution in [0, 0.1) is 0 Å². The first kappa shape index (κ1) is 20.8. The molecule has 4 aromatic rings. The number of nitrogens with one attached hydrogen (secondary N) is 2. The van der Waals surface area contributed by atoms with Gasteiger partial charge in [0.2, 0.25) is 5.88 Å². The van der Waals surface area contributed by atoms with Gasteiger partial charge in [-0.3, -0.25) is 14.8 Å². The van der Waals surface area contributed by atoms with Gasteiger partial charge in [-0.05, 0) is 50.3 Å². The lowest BCUT2D eigenvalue weighted by Gasteiger charge is -2.26. The number of hydrogen-bond donors (Lipinski definition) is 3. The van der Waals surface area contributed by atoms with Crippen LogP contribution in [-0.4, -0.2) is 59.6 Å². The molecule has 2 aliphatic rings. The molecule has 0 aromatic carbocycles. The van der Waals surface area contributed by atoms with Gasteiger partial charge < -0.3 is 15.0 Å². The third-order valence-electron chi connectivity index (χ3n) is 6.09. The summed E-state index contributed by atoms with van der Waals surface area (Å²) in [6.45, 7) is 1.62. The molecular formula is C23H23N7O3S. The van der Waals surface area contributed by atoms with Crippen molar-refractivity contribution in [2.45, 2.75) is 38.1 Å². The molecule has 4 aromatic heterocycles. The summed E-state index contributed by atoms with van der Waals surface area (Å²) in [5.74, 6) is -0.173. The van der Waals surface area contributed by atoms with Gasteiger partial charge in [-0.15, -0.1) is 11.3 Å². The van der Waals surface area contributed by atoms with E-state index in [1.807, 2.05) is 23.1 Å². The zero-order chi connectivity index (χ0) is 23.2. The van der Waals surface area contributed by atoms with E-state index in [-0.39, 0.29) is 23.5 Å². The van der Waals surface area contributed by atoms with Crippen molar-refractivity contribution < 1.29 is 9.90 Å². The summed E-state index contributed by atoms with van der Waals surface area (Å²) in [5, 5.41) is 15.0. The highest BCUT2D eigenvalue weighted by Gasteiger charge is 2.22. The number of thiophene rings is 1. The van der Waals surface area contributed by atoms with Gasteiger partial charge in [0.1, 0.15) is 5.69 Å². The number of imidazole rings is 1. The maximum atomic E-state index is 12.9. The fourth-order valence-electron chi connectivity index (χ4n) is 4.17. The lowest BCUT2D eigenvalue weighted by Crippen LogP contribution is -2.35. The largest absolute Gasteiger partial charge is 0.493 e. The Morgan fingerprint density at radius 3 is 2.76 bits per heavy atom. The van der Waals surface area contributed by atoms with Crippen LogP contribution in [-0.2, 0) is 0 Å². The summed E-state index contributed by atoms with van der Waals surface area (Å²) in [6, 6.07) is 5.97. The topological polar surface area (TPSA) is 132 Å². The third-order valence-corrected chi connectivity index (χ3v) is 7.19. The minimum absolute atomic E-state index is 0.0742. The Kier molecular flexibility index (Phi) is 5.05. The van der Waals surface area contributed by atoms with Crippen molar-refractivity contribution in [2.75, 3.05) is 13.1 Å². The molecule has 1 aliphatic heterocycles. The van der Waals surface area contributed by atoms with E-state index in [1.54, 1.807) is 16.8 Å². The first-order chi connectivity index (χ1) is 16.5. The molecule has 1 saturated heterocycles. The predicted octanol–water partition coefficient (Wildman–Crippen LogP) is 1.42. The summed E-state index contributed by atoms with van der Waals surface area (Å²) < 4.78 is 1.67. The molecule has 0 bridgehead atoms. The van der Waals surface area contributed by atoms with Gasteiger partial charge in [-0.1, -0.05) is 0 Å². The Bertz CT molecular complexity index is 1570. The molecule has 0 spiro atoms. The Labute approximate surface area is 197 Å². The number of carbonyl (C=O) groups excluding carboxylic acids is 1. The number of hydrogen-bond acceptors (Lipinski definition) is 7. The Hall–Kier alpha value is -3.73. The zero-order valence-electron chi connectivity index (χ0n) is 18.3. The first-order valence-electron chi connectivity index (χ1n) is 11.4. The van der Waals surface area contributed by atoms with Gasteiger partial charge in [0, 0.05) is 24.4 Å². The molecule has 34 heavy (non-hydrogen) atoms. The molecule has 1 saturated carbocycles. The van der Waals surface area contributed by atoms with Crippen molar-refractivity contribution in [1.82, 2.24) is 29.5 Å². The molecule has 6 rings (SSSR count). The Morgan fingerprint density at radius 2 is 2.03 bits per heavy atom. The summed E-state index contributed by atoms with van der Waals surface area (Å²) in [5.41, 5.74) is 1.69. The van der Waals surface area contributed by atoms with Crippen molar-refractivity contribution in [2.24, 2.45) is 4.99 Å². The molecule has 174 valence electrons. The number of aromatic hydroxyl groups is 1. The minimum Gasteiger partial charge on any atom is -0.493 e. The highest BCUT2D eigenvalue weighted by Crippen LogP contribution is 2.28. The number of rotatable bonds is 4.